The lowest BCUT2D eigenvalue weighted by molar-refractivity contribution is -0.133. The van der Waals surface area contributed by atoms with E-state index in [9.17, 15) is 23.2 Å². The van der Waals surface area contributed by atoms with Gasteiger partial charge in [-0.25, -0.2) is 17.5 Å². The Morgan fingerprint density at radius 2 is 1.87 bits per heavy atom. The molecule has 30 heavy (non-hydrogen) atoms. The summed E-state index contributed by atoms with van der Waals surface area (Å²) in [6, 6.07) is -2.50. The lowest BCUT2D eigenvalue weighted by atomic mass is 9.69. The smallest absolute Gasteiger partial charge is 0.285 e. The summed E-state index contributed by atoms with van der Waals surface area (Å²) in [5.41, 5.74) is -0.639. The van der Waals surface area contributed by atoms with Crippen molar-refractivity contribution in [2.45, 2.75) is 91.0 Å². The van der Waals surface area contributed by atoms with Crippen molar-refractivity contribution in [2.75, 3.05) is 5.75 Å². The Hall–Kier alpha value is -0.800. The highest BCUT2D eigenvalue weighted by Crippen LogP contribution is 2.70. The van der Waals surface area contributed by atoms with Crippen LogP contribution in [0.1, 0.15) is 74.1 Å². The maximum atomic E-state index is 13.3. The van der Waals surface area contributed by atoms with Gasteiger partial charge in [0.15, 0.2) is 0 Å². The van der Waals surface area contributed by atoms with Gasteiger partial charge in [0, 0.05) is 10.2 Å². The van der Waals surface area contributed by atoms with E-state index in [2.05, 4.69) is 13.8 Å². The summed E-state index contributed by atoms with van der Waals surface area (Å²) in [6.07, 6.45) is 2.64. The quantitative estimate of drug-likeness (QED) is 0.501. The maximum absolute atomic E-state index is 13.3. The molecule has 2 saturated carbocycles. The van der Waals surface area contributed by atoms with Crippen LogP contribution in [0.25, 0.3) is 0 Å². The van der Waals surface area contributed by atoms with E-state index in [1.165, 1.54) is 0 Å². The van der Waals surface area contributed by atoms with Gasteiger partial charge < -0.3 is 0 Å². The molecule has 2 amide bonds. The Morgan fingerprint density at radius 1 is 1.27 bits per heavy atom. The molecule has 172 valence electrons. The van der Waals surface area contributed by atoms with Crippen LogP contribution in [0.15, 0.2) is 0 Å². The topological polar surface area (TPSA) is 95.0 Å². The summed E-state index contributed by atoms with van der Waals surface area (Å²) in [4.78, 5) is 26.3. The average Bonchev–Trinajstić information content (AvgIpc) is 3.04. The summed E-state index contributed by atoms with van der Waals surface area (Å²) in [7, 11) is -3.86. The molecule has 1 heterocycles. The van der Waals surface area contributed by atoms with Gasteiger partial charge in [0.1, 0.15) is 6.04 Å². The van der Waals surface area contributed by atoms with Crippen molar-refractivity contribution in [3.63, 3.8) is 0 Å². The van der Waals surface area contributed by atoms with Crippen LogP contribution < -0.4 is 0 Å². The van der Waals surface area contributed by atoms with Crippen LogP contribution in [-0.4, -0.2) is 56.7 Å². The molecule has 1 spiro atoms. The number of carbonyl (C=O) groups excluding carboxylic acids is 2. The molecule has 1 saturated heterocycles. The molecule has 0 aromatic rings. The second-order valence-corrected chi connectivity index (χ2v) is 14.9. The summed E-state index contributed by atoms with van der Waals surface area (Å²) >= 11 is 1.06. The summed E-state index contributed by atoms with van der Waals surface area (Å²) < 4.78 is 26.8. The molecule has 0 radical (unpaired) electrons. The highest BCUT2D eigenvalue weighted by Gasteiger charge is 2.72. The van der Waals surface area contributed by atoms with Crippen LogP contribution in [0.2, 0.25) is 0 Å². The molecule has 0 aromatic carbocycles. The Labute approximate surface area is 184 Å². The minimum absolute atomic E-state index is 0.0462. The molecule has 2 aliphatic carbocycles. The molecule has 7 nitrogen and oxygen atoms in total. The number of amides is 2. The first-order valence-corrected chi connectivity index (χ1v) is 13.2. The molecular weight excluding hydrogens is 424 g/mol. The monoisotopic (exact) mass is 460 g/mol. The van der Waals surface area contributed by atoms with Crippen molar-refractivity contribution in [3.8, 4) is 0 Å². The van der Waals surface area contributed by atoms with E-state index in [-0.39, 0.29) is 33.4 Å². The third kappa shape index (κ3) is 3.68. The molecule has 1 N–H and O–H groups in total. The first kappa shape index (κ1) is 23.9. The molecule has 9 heteroatoms. The predicted octanol–water partition coefficient (Wildman–Crippen LogP) is 4.11. The van der Waals surface area contributed by atoms with Gasteiger partial charge in [-0.15, -0.1) is 0 Å². The summed E-state index contributed by atoms with van der Waals surface area (Å²) in [5, 5.41) is 10.9. The molecule has 3 aliphatic rings. The van der Waals surface area contributed by atoms with E-state index in [1.54, 1.807) is 0 Å². The number of hydrogen-bond donors (Lipinski definition) is 1. The molecule has 3 unspecified atom stereocenters. The van der Waals surface area contributed by atoms with Crippen molar-refractivity contribution in [2.24, 2.45) is 22.7 Å². The van der Waals surface area contributed by atoms with Gasteiger partial charge in [-0.3, -0.25) is 10.0 Å². The van der Waals surface area contributed by atoms with E-state index < -0.39 is 33.6 Å². The first-order chi connectivity index (χ1) is 13.5. The van der Waals surface area contributed by atoms with Crippen molar-refractivity contribution < 1.29 is 23.2 Å². The highest BCUT2D eigenvalue weighted by atomic mass is 32.2. The predicted molar refractivity (Wildman–Crippen MR) is 118 cm³/mol. The summed E-state index contributed by atoms with van der Waals surface area (Å²) in [6.45, 7) is 13.7. The number of hydrogen-bond acceptors (Lipinski definition) is 6. The van der Waals surface area contributed by atoms with Crippen LogP contribution >= 0.6 is 11.8 Å². The molecule has 3 fully saturated rings. The third-order valence-electron chi connectivity index (χ3n) is 7.46. The second kappa shape index (κ2) is 7.37. The van der Waals surface area contributed by atoms with Crippen LogP contribution in [0.3, 0.4) is 0 Å². The van der Waals surface area contributed by atoms with Gasteiger partial charge in [-0.2, -0.15) is 5.06 Å². The van der Waals surface area contributed by atoms with Crippen LogP contribution in [0, 0.1) is 22.7 Å². The minimum Gasteiger partial charge on any atom is -0.285 e. The fraction of sp³-hybridized carbons (Fsp3) is 0.905. The SMILES string of the molecule is CC(C)C[C@H](C(=O)SC(C)(C)C)N(O)C(=O)N1C2CC3CCC2(CS1(=O)=O)C3(C)C. The van der Waals surface area contributed by atoms with E-state index >= 15 is 0 Å². The van der Waals surface area contributed by atoms with Gasteiger partial charge in [0.2, 0.25) is 15.1 Å². The number of nitrogens with zero attached hydrogens (tertiary/aromatic N) is 2. The number of hydroxylamine groups is 2. The zero-order chi connectivity index (χ0) is 22.9. The number of fused-ring (bicyclic) bond motifs is 1. The fourth-order valence-electron chi connectivity index (χ4n) is 5.89. The Bertz CT molecular complexity index is 833. The Balaban J connectivity index is 1.91. The summed E-state index contributed by atoms with van der Waals surface area (Å²) in [5.74, 6) is 0.350. The van der Waals surface area contributed by atoms with Gasteiger partial charge in [-0.1, -0.05) is 60.2 Å². The molecule has 4 atom stereocenters. The number of thioether (sulfide) groups is 1. The Morgan fingerprint density at radius 3 is 2.37 bits per heavy atom. The first-order valence-electron chi connectivity index (χ1n) is 10.8. The maximum Gasteiger partial charge on any atom is 0.358 e. The molecule has 0 aromatic heterocycles. The van der Waals surface area contributed by atoms with Crippen molar-refractivity contribution in [3.05, 3.63) is 0 Å². The fourth-order valence-corrected chi connectivity index (χ4v) is 9.32. The zero-order valence-electron chi connectivity index (χ0n) is 19.1. The largest absolute Gasteiger partial charge is 0.358 e. The lowest BCUT2D eigenvalue weighted by Gasteiger charge is -2.38. The van der Waals surface area contributed by atoms with Gasteiger partial charge in [0.05, 0.1) is 11.8 Å². The van der Waals surface area contributed by atoms with Crippen molar-refractivity contribution in [1.29, 1.82) is 0 Å². The standard InChI is InChI=1S/C21H36N2O5S2/c1-13(2)10-15(17(24)29-19(3,4)5)22(26)18(25)23-16-11-14-8-9-21(16,20(14,6)7)12-30(23,27)28/h13-16,26H,8-12H2,1-7H3/t14?,15-,16?,21?/m1/s1. The van der Waals surface area contributed by atoms with Crippen LogP contribution in [0.5, 0.6) is 0 Å². The minimum atomic E-state index is -3.86. The zero-order valence-corrected chi connectivity index (χ0v) is 20.8. The highest BCUT2D eigenvalue weighted by molar-refractivity contribution is 8.14. The van der Waals surface area contributed by atoms with E-state index in [4.69, 9.17) is 0 Å². The third-order valence-corrected chi connectivity index (χ3v) is 10.4. The second-order valence-electron chi connectivity index (χ2n) is 11.2. The number of carbonyl (C=O) groups is 2. The molecule has 2 bridgehead atoms. The van der Waals surface area contributed by atoms with Gasteiger partial charge >= 0.3 is 6.03 Å². The van der Waals surface area contributed by atoms with E-state index in [1.807, 2.05) is 34.6 Å². The van der Waals surface area contributed by atoms with E-state index in [0.717, 1.165) is 28.9 Å². The van der Waals surface area contributed by atoms with E-state index in [0.29, 0.717) is 17.4 Å². The average molecular weight is 461 g/mol. The molecular formula is C21H36N2O5S2. The van der Waals surface area contributed by atoms with Crippen molar-refractivity contribution in [1.82, 2.24) is 9.37 Å². The number of urea groups is 1. The van der Waals surface area contributed by atoms with Gasteiger partial charge in [0.25, 0.3) is 0 Å². The lowest BCUT2D eigenvalue weighted by Crippen LogP contribution is -2.53. The Kier molecular flexibility index (Phi) is 5.86. The van der Waals surface area contributed by atoms with Crippen molar-refractivity contribution >= 4 is 32.9 Å². The molecule has 1 aliphatic heterocycles. The number of rotatable bonds is 4. The molecule has 3 rings (SSSR count). The van der Waals surface area contributed by atoms with Crippen LogP contribution in [-0.2, 0) is 14.8 Å². The number of sulfonamides is 1. The normalized spacial score (nSPS) is 32.4. The van der Waals surface area contributed by atoms with Gasteiger partial charge in [-0.05, 0) is 42.9 Å². The van der Waals surface area contributed by atoms with Crippen LogP contribution in [0.4, 0.5) is 4.79 Å².